The minimum atomic E-state index is 0.188. The van der Waals surface area contributed by atoms with Crippen LogP contribution >= 0.6 is 0 Å². The molecule has 162 valence electrons. The topological polar surface area (TPSA) is 3.24 Å². The standard InChI is InChI=1S/C31H33N/c1-31(2,3)26-18-16-23(17-19-26)22-30-28(24-10-5-4-6-11-24)20-21-32(30)29-15-9-13-25-12-7-8-14-27(25)29/h4-19,28,30H,20-22H2,1-3H3/t28-,30-/m0/s1. The molecule has 1 saturated heterocycles. The molecule has 32 heavy (non-hydrogen) atoms. The Kier molecular flexibility index (Phi) is 5.51. The smallest absolute Gasteiger partial charge is 0.0448 e. The second-order valence-electron chi connectivity index (χ2n) is 10.2. The Morgan fingerprint density at radius 1 is 0.750 bits per heavy atom. The third kappa shape index (κ3) is 4.05. The van der Waals surface area contributed by atoms with Crippen molar-refractivity contribution in [3.8, 4) is 0 Å². The molecule has 1 aliphatic rings. The fraction of sp³-hybridized carbons (Fsp3) is 0.290. The molecule has 0 N–H and O–H groups in total. The Balaban J connectivity index is 1.53. The number of fused-ring (bicyclic) bond motifs is 1. The van der Waals surface area contributed by atoms with E-state index in [1.165, 1.54) is 39.6 Å². The Bertz CT molecular complexity index is 1180. The van der Waals surface area contributed by atoms with Gasteiger partial charge in [-0.05, 0) is 46.4 Å². The summed E-state index contributed by atoms with van der Waals surface area (Å²) in [6, 6.07) is 36.5. The fourth-order valence-corrected chi connectivity index (χ4v) is 5.34. The van der Waals surface area contributed by atoms with Crippen LogP contribution in [-0.2, 0) is 11.8 Å². The van der Waals surface area contributed by atoms with Gasteiger partial charge >= 0.3 is 0 Å². The first-order valence-corrected chi connectivity index (χ1v) is 11.9. The van der Waals surface area contributed by atoms with Crippen LogP contribution in [0.25, 0.3) is 10.8 Å². The van der Waals surface area contributed by atoms with Gasteiger partial charge in [0, 0.05) is 29.6 Å². The maximum absolute atomic E-state index is 2.68. The van der Waals surface area contributed by atoms with Gasteiger partial charge in [-0.25, -0.2) is 0 Å². The SMILES string of the molecule is CC(C)(C)c1ccc(C[C@H]2[C@H](c3ccccc3)CCN2c2cccc3ccccc23)cc1. The lowest BCUT2D eigenvalue weighted by Crippen LogP contribution is -2.34. The number of hydrogen-bond acceptors (Lipinski definition) is 1. The lowest BCUT2D eigenvalue weighted by Gasteiger charge is -2.32. The van der Waals surface area contributed by atoms with Gasteiger partial charge in [-0.1, -0.05) is 112 Å². The molecule has 4 aromatic carbocycles. The summed E-state index contributed by atoms with van der Waals surface area (Å²) < 4.78 is 0. The van der Waals surface area contributed by atoms with Gasteiger partial charge in [0.15, 0.2) is 0 Å². The molecule has 1 nitrogen and oxygen atoms in total. The van der Waals surface area contributed by atoms with Crippen LogP contribution in [0.3, 0.4) is 0 Å². The third-order valence-electron chi connectivity index (χ3n) is 7.11. The van der Waals surface area contributed by atoms with Crippen LogP contribution in [0.1, 0.15) is 49.8 Å². The third-order valence-corrected chi connectivity index (χ3v) is 7.11. The van der Waals surface area contributed by atoms with Crippen LogP contribution < -0.4 is 4.90 Å². The fourth-order valence-electron chi connectivity index (χ4n) is 5.34. The predicted octanol–water partition coefficient (Wildman–Crippen LogP) is 7.74. The summed E-state index contributed by atoms with van der Waals surface area (Å²) in [5, 5.41) is 2.68. The molecular weight excluding hydrogens is 386 g/mol. The average Bonchev–Trinajstić information content (AvgIpc) is 3.22. The van der Waals surface area contributed by atoms with Crippen molar-refractivity contribution in [2.75, 3.05) is 11.4 Å². The maximum atomic E-state index is 2.68. The van der Waals surface area contributed by atoms with E-state index in [0.717, 1.165) is 13.0 Å². The van der Waals surface area contributed by atoms with E-state index in [9.17, 15) is 0 Å². The highest BCUT2D eigenvalue weighted by molar-refractivity contribution is 5.94. The predicted molar refractivity (Wildman–Crippen MR) is 138 cm³/mol. The van der Waals surface area contributed by atoms with Crippen LogP contribution in [0.4, 0.5) is 5.69 Å². The first kappa shape index (κ1) is 20.8. The molecule has 5 rings (SSSR count). The molecule has 0 spiro atoms. The Morgan fingerprint density at radius 2 is 1.44 bits per heavy atom. The van der Waals surface area contributed by atoms with Gasteiger partial charge in [0.05, 0.1) is 0 Å². The van der Waals surface area contributed by atoms with E-state index >= 15 is 0 Å². The van der Waals surface area contributed by atoms with E-state index in [0.29, 0.717) is 12.0 Å². The number of rotatable bonds is 4. The summed E-state index contributed by atoms with van der Waals surface area (Å²) >= 11 is 0. The van der Waals surface area contributed by atoms with E-state index in [4.69, 9.17) is 0 Å². The van der Waals surface area contributed by atoms with Gasteiger partial charge < -0.3 is 4.90 Å². The van der Waals surface area contributed by atoms with Crippen LogP contribution in [-0.4, -0.2) is 12.6 Å². The molecule has 4 aromatic rings. The zero-order valence-electron chi connectivity index (χ0n) is 19.5. The Morgan fingerprint density at radius 3 is 2.19 bits per heavy atom. The minimum absolute atomic E-state index is 0.188. The van der Waals surface area contributed by atoms with E-state index in [1.54, 1.807) is 0 Å². The van der Waals surface area contributed by atoms with Crippen molar-refractivity contribution >= 4 is 16.5 Å². The summed E-state index contributed by atoms with van der Waals surface area (Å²) in [5.41, 5.74) is 5.85. The second-order valence-corrected chi connectivity index (χ2v) is 10.2. The van der Waals surface area contributed by atoms with Crippen LogP contribution in [0.5, 0.6) is 0 Å². The lowest BCUT2D eigenvalue weighted by molar-refractivity contribution is 0.580. The van der Waals surface area contributed by atoms with Gasteiger partial charge in [0.25, 0.3) is 0 Å². The van der Waals surface area contributed by atoms with Crippen LogP contribution in [0.2, 0.25) is 0 Å². The van der Waals surface area contributed by atoms with Crippen molar-refractivity contribution in [3.05, 3.63) is 114 Å². The molecule has 2 atom stereocenters. The average molecular weight is 420 g/mol. The summed E-state index contributed by atoms with van der Waals surface area (Å²) in [5.74, 6) is 0.539. The van der Waals surface area contributed by atoms with Gasteiger partial charge in [-0.3, -0.25) is 0 Å². The molecule has 1 fully saturated rings. The second kappa shape index (κ2) is 8.47. The highest BCUT2D eigenvalue weighted by Gasteiger charge is 2.35. The Hall–Kier alpha value is -3.06. The van der Waals surface area contributed by atoms with E-state index in [-0.39, 0.29) is 5.41 Å². The van der Waals surface area contributed by atoms with Crippen LogP contribution in [0, 0.1) is 0 Å². The molecule has 0 radical (unpaired) electrons. The first-order chi connectivity index (χ1) is 15.5. The highest BCUT2D eigenvalue weighted by Crippen LogP contribution is 2.40. The first-order valence-electron chi connectivity index (χ1n) is 11.9. The Labute approximate surface area is 192 Å². The summed E-state index contributed by atoms with van der Waals surface area (Å²) in [6.07, 6.45) is 2.26. The zero-order chi connectivity index (χ0) is 22.1. The van der Waals surface area contributed by atoms with E-state index in [2.05, 4.69) is 123 Å². The summed E-state index contributed by atoms with van der Waals surface area (Å²) in [7, 11) is 0. The summed E-state index contributed by atoms with van der Waals surface area (Å²) in [6.45, 7) is 7.95. The lowest BCUT2D eigenvalue weighted by atomic mass is 9.85. The van der Waals surface area contributed by atoms with Gasteiger partial charge in [-0.2, -0.15) is 0 Å². The molecule has 0 saturated carbocycles. The maximum Gasteiger partial charge on any atom is 0.0448 e. The molecule has 1 heterocycles. The number of benzene rings is 4. The normalized spacial score (nSPS) is 18.9. The van der Waals surface area contributed by atoms with Gasteiger partial charge in [0.2, 0.25) is 0 Å². The molecule has 1 aliphatic heterocycles. The van der Waals surface area contributed by atoms with Gasteiger partial charge in [-0.15, -0.1) is 0 Å². The van der Waals surface area contributed by atoms with Crippen molar-refractivity contribution in [2.45, 2.75) is 51.0 Å². The molecule has 1 heteroatoms. The van der Waals surface area contributed by atoms with Crippen molar-refractivity contribution < 1.29 is 0 Å². The minimum Gasteiger partial charge on any atom is -0.367 e. The molecule has 0 aliphatic carbocycles. The molecule has 0 aromatic heterocycles. The van der Waals surface area contributed by atoms with Crippen molar-refractivity contribution in [3.63, 3.8) is 0 Å². The van der Waals surface area contributed by atoms with E-state index in [1.807, 2.05) is 0 Å². The highest BCUT2D eigenvalue weighted by atomic mass is 15.2. The van der Waals surface area contributed by atoms with E-state index < -0.39 is 0 Å². The van der Waals surface area contributed by atoms with Crippen molar-refractivity contribution in [2.24, 2.45) is 0 Å². The largest absolute Gasteiger partial charge is 0.367 e. The molecule has 0 bridgehead atoms. The zero-order valence-corrected chi connectivity index (χ0v) is 19.5. The van der Waals surface area contributed by atoms with Crippen molar-refractivity contribution in [1.82, 2.24) is 0 Å². The quantitative estimate of drug-likeness (QED) is 0.327. The molecular formula is C31H33N. The van der Waals surface area contributed by atoms with Gasteiger partial charge in [0.1, 0.15) is 0 Å². The van der Waals surface area contributed by atoms with Crippen LogP contribution in [0.15, 0.2) is 97.1 Å². The molecule has 0 unspecified atom stereocenters. The number of nitrogens with zero attached hydrogens (tertiary/aromatic N) is 1. The van der Waals surface area contributed by atoms with Crippen molar-refractivity contribution in [1.29, 1.82) is 0 Å². The monoisotopic (exact) mass is 419 g/mol. The number of hydrogen-bond donors (Lipinski definition) is 0. The summed E-state index contributed by atoms with van der Waals surface area (Å²) in [4.78, 5) is 2.68. The number of anilines is 1. The molecule has 0 amide bonds.